The molecular weight excluding hydrogens is 224 g/mol. The second-order valence-corrected chi connectivity index (χ2v) is 4.32. The van der Waals surface area contributed by atoms with Crippen molar-refractivity contribution < 1.29 is 14.3 Å². The molecule has 1 aromatic heterocycles. The summed E-state index contributed by atoms with van der Waals surface area (Å²) in [5, 5.41) is 8.74. The number of halogens is 1. The van der Waals surface area contributed by atoms with E-state index in [1.807, 2.05) is 6.92 Å². The Kier molecular flexibility index (Phi) is 4.35. The third-order valence-corrected chi connectivity index (χ3v) is 3.29. The topological polar surface area (TPSA) is 50.4 Å². The number of rotatable bonds is 5. The van der Waals surface area contributed by atoms with Crippen LogP contribution in [0.2, 0.25) is 5.22 Å². The van der Waals surface area contributed by atoms with Crippen molar-refractivity contribution in [1.29, 1.82) is 0 Å². The molecule has 0 aliphatic heterocycles. The number of thioether (sulfide) groups is 1. The lowest BCUT2D eigenvalue weighted by Crippen LogP contribution is -2.14. The molecule has 0 aliphatic carbocycles. The van der Waals surface area contributed by atoms with Gasteiger partial charge in [-0.1, -0.05) is 6.92 Å². The Morgan fingerprint density at radius 2 is 2.43 bits per heavy atom. The van der Waals surface area contributed by atoms with Crippen LogP contribution in [-0.4, -0.2) is 16.3 Å². The van der Waals surface area contributed by atoms with Crippen molar-refractivity contribution in [1.82, 2.24) is 0 Å². The second-order valence-electron chi connectivity index (χ2n) is 2.75. The molecule has 1 rings (SSSR count). The maximum absolute atomic E-state index is 10.7. The summed E-state index contributed by atoms with van der Waals surface area (Å²) < 4.78 is 5.11. The monoisotopic (exact) mass is 234 g/mol. The molecule has 0 spiro atoms. The molecule has 0 saturated heterocycles. The van der Waals surface area contributed by atoms with Crippen LogP contribution in [0.15, 0.2) is 16.5 Å². The molecule has 5 heteroatoms. The Balaban J connectivity index is 2.43. The van der Waals surface area contributed by atoms with Gasteiger partial charge in [0, 0.05) is 0 Å². The molecule has 78 valence electrons. The van der Waals surface area contributed by atoms with E-state index in [4.69, 9.17) is 21.1 Å². The van der Waals surface area contributed by atoms with Gasteiger partial charge in [0.05, 0.1) is 5.75 Å². The Labute approximate surface area is 91.4 Å². The molecule has 0 amide bonds. The number of furan rings is 1. The third kappa shape index (κ3) is 3.27. The zero-order valence-electron chi connectivity index (χ0n) is 7.70. The standard InChI is InChI=1S/C9H11ClO3S/c1-2-7(9(11)12)14-5-6-3-4-8(10)13-6/h3-4,7H,2,5H2,1H3,(H,11,12). The molecule has 1 heterocycles. The van der Waals surface area contributed by atoms with Crippen LogP contribution >= 0.6 is 23.4 Å². The molecule has 0 radical (unpaired) electrons. The van der Waals surface area contributed by atoms with E-state index in [1.54, 1.807) is 12.1 Å². The Morgan fingerprint density at radius 1 is 1.71 bits per heavy atom. The van der Waals surface area contributed by atoms with E-state index in [1.165, 1.54) is 11.8 Å². The van der Waals surface area contributed by atoms with Gasteiger partial charge in [0.25, 0.3) is 0 Å². The quantitative estimate of drug-likeness (QED) is 0.851. The van der Waals surface area contributed by atoms with E-state index >= 15 is 0 Å². The predicted octanol–water partition coefficient (Wildman–Crippen LogP) is 3.03. The molecule has 1 unspecified atom stereocenters. The van der Waals surface area contributed by atoms with Gasteiger partial charge in [0.1, 0.15) is 11.0 Å². The first-order valence-corrected chi connectivity index (χ1v) is 5.64. The largest absolute Gasteiger partial charge is 0.480 e. The van der Waals surface area contributed by atoms with Gasteiger partial charge in [-0.25, -0.2) is 0 Å². The van der Waals surface area contributed by atoms with Crippen LogP contribution in [0, 0.1) is 0 Å². The summed E-state index contributed by atoms with van der Waals surface area (Å²) >= 11 is 6.92. The van der Waals surface area contributed by atoms with E-state index in [0.717, 1.165) is 0 Å². The van der Waals surface area contributed by atoms with E-state index in [2.05, 4.69) is 0 Å². The van der Waals surface area contributed by atoms with Gasteiger partial charge in [0.15, 0.2) is 5.22 Å². The lowest BCUT2D eigenvalue weighted by atomic mass is 10.3. The van der Waals surface area contributed by atoms with Crippen LogP contribution in [0.4, 0.5) is 0 Å². The molecule has 3 nitrogen and oxygen atoms in total. The summed E-state index contributed by atoms with van der Waals surface area (Å²) in [6.07, 6.45) is 0.606. The van der Waals surface area contributed by atoms with Crippen LogP contribution in [0.3, 0.4) is 0 Å². The highest BCUT2D eigenvalue weighted by molar-refractivity contribution is 7.99. The van der Waals surface area contributed by atoms with Gasteiger partial charge >= 0.3 is 5.97 Å². The average molecular weight is 235 g/mol. The zero-order valence-corrected chi connectivity index (χ0v) is 9.27. The van der Waals surface area contributed by atoms with E-state index in [-0.39, 0.29) is 5.25 Å². The number of carboxylic acids is 1. The van der Waals surface area contributed by atoms with E-state index in [0.29, 0.717) is 23.2 Å². The number of carbonyl (C=O) groups is 1. The van der Waals surface area contributed by atoms with Gasteiger partial charge in [-0.3, -0.25) is 4.79 Å². The van der Waals surface area contributed by atoms with Gasteiger partial charge < -0.3 is 9.52 Å². The summed E-state index contributed by atoms with van der Waals surface area (Å²) in [5.74, 6) is 0.465. The van der Waals surface area contributed by atoms with Gasteiger partial charge in [-0.2, -0.15) is 0 Å². The molecule has 1 atom stereocenters. The summed E-state index contributed by atoms with van der Waals surface area (Å²) in [7, 11) is 0. The van der Waals surface area contributed by atoms with Crippen LogP contribution in [0.25, 0.3) is 0 Å². The minimum absolute atomic E-state index is 0.337. The zero-order chi connectivity index (χ0) is 10.6. The number of aliphatic carboxylic acids is 1. The van der Waals surface area contributed by atoms with Crippen molar-refractivity contribution in [2.45, 2.75) is 24.3 Å². The molecule has 0 aliphatic rings. The lowest BCUT2D eigenvalue weighted by molar-refractivity contribution is -0.136. The first-order chi connectivity index (χ1) is 6.63. The summed E-state index contributed by atoms with van der Waals surface area (Å²) in [4.78, 5) is 10.7. The molecular formula is C9H11ClO3S. The fourth-order valence-corrected chi connectivity index (χ4v) is 2.04. The van der Waals surface area contributed by atoms with Crippen molar-refractivity contribution >= 4 is 29.3 Å². The third-order valence-electron chi connectivity index (χ3n) is 1.70. The van der Waals surface area contributed by atoms with Crippen LogP contribution in [-0.2, 0) is 10.5 Å². The Morgan fingerprint density at radius 3 is 2.86 bits per heavy atom. The summed E-state index contributed by atoms with van der Waals surface area (Å²) in [6.45, 7) is 1.85. The SMILES string of the molecule is CCC(SCc1ccc(Cl)o1)C(=O)O. The molecule has 0 bridgehead atoms. The van der Waals surface area contributed by atoms with Gasteiger partial charge in [-0.05, 0) is 30.2 Å². The maximum atomic E-state index is 10.7. The van der Waals surface area contributed by atoms with Crippen LogP contribution in [0.1, 0.15) is 19.1 Å². The van der Waals surface area contributed by atoms with Crippen molar-refractivity contribution in [3.8, 4) is 0 Å². The van der Waals surface area contributed by atoms with E-state index in [9.17, 15) is 4.79 Å². The summed E-state index contributed by atoms with van der Waals surface area (Å²) in [5.41, 5.74) is 0. The van der Waals surface area contributed by atoms with Crippen molar-refractivity contribution in [3.05, 3.63) is 23.1 Å². The fraction of sp³-hybridized carbons (Fsp3) is 0.444. The predicted molar refractivity (Wildman–Crippen MR) is 56.7 cm³/mol. The molecule has 1 aromatic rings. The number of hydrogen-bond donors (Lipinski definition) is 1. The highest BCUT2D eigenvalue weighted by atomic mass is 35.5. The minimum Gasteiger partial charge on any atom is -0.480 e. The highest BCUT2D eigenvalue weighted by Gasteiger charge is 2.15. The normalized spacial score (nSPS) is 12.7. The lowest BCUT2D eigenvalue weighted by Gasteiger charge is -2.07. The second kappa shape index (κ2) is 5.32. The smallest absolute Gasteiger partial charge is 0.316 e. The summed E-state index contributed by atoms with van der Waals surface area (Å²) in [6, 6.07) is 3.41. The number of carboxylic acid groups (broad SMARTS) is 1. The molecule has 14 heavy (non-hydrogen) atoms. The van der Waals surface area contributed by atoms with Crippen molar-refractivity contribution in [2.24, 2.45) is 0 Å². The van der Waals surface area contributed by atoms with Gasteiger partial charge in [0.2, 0.25) is 0 Å². The van der Waals surface area contributed by atoms with Crippen molar-refractivity contribution in [2.75, 3.05) is 0 Å². The van der Waals surface area contributed by atoms with Gasteiger partial charge in [-0.15, -0.1) is 11.8 Å². The first-order valence-electron chi connectivity index (χ1n) is 4.22. The first kappa shape index (κ1) is 11.5. The molecule has 0 saturated carbocycles. The highest BCUT2D eigenvalue weighted by Crippen LogP contribution is 2.23. The molecule has 0 fully saturated rings. The Hall–Kier alpha value is -0.610. The fourth-order valence-electron chi connectivity index (χ4n) is 0.976. The average Bonchev–Trinajstić information content (AvgIpc) is 2.52. The molecule has 1 N–H and O–H groups in total. The number of hydrogen-bond acceptors (Lipinski definition) is 3. The van der Waals surface area contributed by atoms with Crippen LogP contribution < -0.4 is 0 Å². The van der Waals surface area contributed by atoms with Crippen LogP contribution in [0.5, 0.6) is 0 Å². The molecule has 0 aromatic carbocycles. The minimum atomic E-state index is -0.782. The maximum Gasteiger partial charge on any atom is 0.316 e. The Bertz CT molecular complexity index is 311. The van der Waals surface area contributed by atoms with E-state index < -0.39 is 5.97 Å². The van der Waals surface area contributed by atoms with Crippen molar-refractivity contribution in [3.63, 3.8) is 0 Å².